The van der Waals surface area contributed by atoms with Crippen LogP contribution in [-0.2, 0) is 14.3 Å². The molecule has 3 atom stereocenters. The molecule has 4 rings (SSSR count). The first-order valence-corrected chi connectivity index (χ1v) is 11.5. The van der Waals surface area contributed by atoms with Gasteiger partial charge in [0.05, 0.1) is 5.92 Å². The Hall–Kier alpha value is -3.35. The summed E-state index contributed by atoms with van der Waals surface area (Å²) in [6.45, 7) is 4.61. The average Bonchev–Trinajstić information content (AvgIpc) is 3.35. The third kappa shape index (κ3) is 4.72. The molecule has 1 aliphatic heterocycles. The normalized spacial score (nSPS) is 20.1. The lowest BCUT2D eigenvalue weighted by atomic mass is 9.98. The van der Waals surface area contributed by atoms with Gasteiger partial charge in [-0.25, -0.2) is 4.79 Å². The summed E-state index contributed by atoms with van der Waals surface area (Å²) in [5, 5.41) is 12.1. The molecule has 1 aliphatic carbocycles. The third-order valence-electron chi connectivity index (χ3n) is 6.86. The van der Waals surface area contributed by atoms with Gasteiger partial charge >= 0.3 is 12.1 Å². The second-order valence-electron chi connectivity index (χ2n) is 9.00. The van der Waals surface area contributed by atoms with Gasteiger partial charge in [-0.05, 0) is 34.6 Å². The molecule has 1 fully saturated rings. The van der Waals surface area contributed by atoms with Gasteiger partial charge in [0.15, 0.2) is 0 Å². The number of nitrogens with zero attached hydrogens (tertiary/aromatic N) is 1. The van der Waals surface area contributed by atoms with Crippen molar-refractivity contribution in [3.05, 3.63) is 59.7 Å². The Morgan fingerprint density at radius 2 is 1.67 bits per heavy atom. The van der Waals surface area contributed by atoms with Gasteiger partial charge in [0, 0.05) is 31.5 Å². The summed E-state index contributed by atoms with van der Waals surface area (Å²) in [4.78, 5) is 38.2. The first-order chi connectivity index (χ1) is 15.9. The maximum atomic E-state index is 12.7. The number of rotatable bonds is 7. The molecule has 0 unspecified atom stereocenters. The van der Waals surface area contributed by atoms with Crippen molar-refractivity contribution in [2.75, 3.05) is 19.7 Å². The standard InChI is InChI=1S/C26H30N2O5/c1-3-17(12-24(29)28-13-16(2)22(14-28)25(30)31)27-26(32)33-15-23-20-10-6-4-8-18(20)19-9-5-7-11-21(19)23/h4-11,16-17,22-23H,3,12-15H2,1-2H3,(H,27,32)(H,30,31)/t16-,17-,22-/m1/s1. The van der Waals surface area contributed by atoms with E-state index >= 15 is 0 Å². The Balaban J connectivity index is 1.33. The van der Waals surface area contributed by atoms with Crippen LogP contribution in [0, 0.1) is 11.8 Å². The third-order valence-corrected chi connectivity index (χ3v) is 6.86. The van der Waals surface area contributed by atoms with Crippen LogP contribution in [0.15, 0.2) is 48.5 Å². The SMILES string of the molecule is CC[C@H](CC(=O)N1C[C@@H](C)[C@H](C(=O)O)C1)NC(=O)OCC1c2ccccc2-c2ccccc21. The molecule has 1 heterocycles. The van der Waals surface area contributed by atoms with Crippen molar-refractivity contribution in [1.82, 2.24) is 10.2 Å². The molecule has 2 aromatic carbocycles. The molecule has 0 spiro atoms. The number of ether oxygens (including phenoxy) is 1. The molecule has 0 saturated carbocycles. The van der Waals surface area contributed by atoms with E-state index in [0.29, 0.717) is 13.0 Å². The quantitative estimate of drug-likeness (QED) is 0.668. The number of carboxylic acids is 1. The van der Waals surface area contributed by atoms with Crippen LogP contribution in [0.2, 0.25) is 0 Å². The van der Waals surface area contributed by atoms with E-state index in [0.717, 1.165) is 11.1 Å². The van der Waals surface area contributed by atoms with Crippen molar-refractivity contribution in [2.24, 2.45) is 11.8 Å². The lowest BCUT2D eigenvalue weighted by molar-refractivity contribution is -0.142. The summed E-state index contributed by atoms with van der Waals surface area (Å²) in [5.41, 5.74) is 4.62. The van der Waals surface area contributed by atoms with Gasteiger partial charge in [0.2, 0.25) is 5.91 Å². The van der Waals surface area contributed by atoms with Crippen molar-refractivity contribution in [1.29, 1.82) is 0 Å². The molecule has 174 valence electrons. The molecule has 0 aromatic heterocycles. The van der Waals surface area contributed by atoms with E-state index in [9.17, 15) is 19.5 Å². The molecule has 0 bridgehead atoms. The number of carbonyl (C=O) groups excluding carboxylic acids is 2. The molecular formula is C26H30N2O5. The number of benzene rings is 2. The van der Waals surface area contributed by atoms with Crippen LogP contribution in [0.25, 0.3) is 11.1 Å². The van der Waals surface area contributed by atoms with Gasteiger partial charge in [-0.15, -0.1) is 0 Å². The summed E-state index contributed by atoms with van der Waals surface area (Å²) in [5.74, 6) is -1.66. The summed E-state index contributed by atoms with van der Waals surface area (Å²) < 4.78 is 5.59. The van der Waals surface area contributed by atoms with E-state index in [-0.39, 0.29) is 43.4 Å². The first-order valence-electron chi connectivity index (χ1n) is 11.5. The van der Waals surface area contributed by atoms with Gasteiger partial charge in [0.25, 0.3) is 0 Å². The largest absolute Gasteiger partial charge is 0.481 e. The number of nitrogens with one attached hydrogen (secondary N) is 1. The van der Waals surface area contributed by atoms with Gasteiger partial charge in [-0.1, -0.05) is 62.4 Å². The number of amides is 2. The highest BCUT2D eigenvalue weighted by atomic mass is 16.5. The van der Waals surface area contributed by atoms with E-state index < -0.39 is 18.0 Å². The Labute approximate surface area is 193 Å². The Morgan fingerprint density at radius 3 is 2.21 bits per heavy atom. The summed E-state index contributed by atoms with van der Waals surface area (Å²) in [6, 6.07) is 15.9. The van der Waals surface area contributed by atoms with E-state index in [4.69, 9.17) is 4.74 Å². The maximum absolute atomic E-state index is 12.7. The number of hydrogen-bond donors (Lipinski definition) is 2. The van der Waals surface area contributed by atoms with E-state index in [1.54, 1.807) is 4.90 Å². The fourth-order valence-electron chi connectivity index (χ4n) is 4.94. The number of hydrogen-bond acceptors (Lipinski definition) is 4. The molecule has 1 saturated heterocycles. The number of fused-ring (bicyclic) bond motifs is 3. The van der Waals surface area contributed by atoms with E-state index in [1.807, 2.05) is 38.1 Å². The lowest BCUT2D eigenvalue weighted by Gasteiger charge is -2.22. The smallest absolute Gasteiger partial charge is 0.407 e. The fraction of sp³-hybridized carbons (Fsp3) is 0.423. The number of carbonyl (C=O) groups is 3. The second kappa shape index (κ2) is 9.65. The lowest BCUT2D eigenvalue weighted by Crippen LogP contribution is -2.40. The first kappa shape index (κ1) is 22.8. The van der Waals surface area contributed by atoms with Crippen LogP contribution in [0.3, 0.4) is 0 Å². The van der Waals surface area contributed by atoms with Crippen molar-refractivity contribution in [2.45, 2.75) is 38.6 Å². The van der Waals surface area contributed by atoms with Crippen molar-refractivity contribution in [3.8, 4) is 11.1 Å². The molecule has 2 amide bonds. The van der Waals surface area contributed by atoms with Crippen LogP contribution in [-0.4, -0.2) is 53.7 Å². The molecular weight excluding hydrogens is 420 g/mol. The minimum absolute atomic E-state index is 0.0242. The van der Waals surface area contributed by atoms with E-state index in [2.05, 4.69) is 29.6 Å². The van der Waals surface area contributed by atoms with Gasteiger partial charge in [-0.3, -0.25) is 9.59 Å². The zero-order valence-corrected chi connectivity index (χ0v) is 19.0. The number of likely N-dealkylation sites (tertiary alicyclic amines) is 1. The minimum Gasteiger partial charge on any atom is -0.481 e. The summed E-state index contributed by atoms with van der Waals surface area (Å²) >= 11 is 0. The second-order valence-corrected chi connectivity index (χ2v) is 9.00. The molecule has 2 aromatic rings. The van der Waals surface area contributed by atoms with Crippen molar-refractivity contribution in [3.63, 3.8) is 0 Å². The highest BCUT2D eigenvalue weighted by molar-refractivity contribution is 5.81. The minimum atomic E-state index is -0.874. The highest BCUT2D eigenvalue weighted by Gasteiger charge is 2.37. The number of alkyl carbamates (subject to hydrolysis) is 1. The van der Waals surface area contributed by atoms with Crippen LogP contribution in [0.4, 0.5) is 4.79 Å². The van der Waals surface area contributed by atoms with Gasteiger partial charge < -0.3 is 20.1 Å². The van der Waals surface area contributed by atoms with Gasteiger partial charge in [0.1, 0.15) is 6.61 Å². The Kier molecular flexibility index (Phi) is 6.67. The molecule has 2 aliphatic rings. The Morgan fingerprint density at radius 1 is 1.06 bits per heavy atom. The van der Waals surface area contributed by atoms with Crippen LogP contribution < -0.4 is 5.32 Å². The highest BCUT2D eigenvalue weighted by Crippen LogP contribution is 2.44. The Bertz CT molecular complexity index is 1010. The fourth-order valence-corrected chi connectivity index (χ4v) is 4.94. The summed E-state index contributed by atoms with van der Waals surface area (Å²) in [6.07, 6.45) is 0.149. The van der Waals surface area contributed by atoms with Crippen LogP contribution in [0.5, 0.6) is 0 Å². The zero-order chi connectivity index (χ0) is 23.5. The van der Waals surface area contributed by atoms with Crippen LogP contribution in [0.1, 0.15) is 43.7 Å². The van der Waals surface area contributed by atoms with E-state index in [1.165, 1.54) is 11.1 Å². The van der Waals surface area contributed by atoms with Gasteiger partial charge in [-0.2, -0.15) is 0 Å². The number of aliphatic carboxylic acids is 1. The topological polar surface area (TPSA) is 95.9 Å². The monoisotopic (exact) mass is 450 g/mol. The molecule has 33 heavy (non-hydrogen) atoms. The van der Waals surface area contributed by atoms with Crippen LogP contribution >= 0.6 is 0 Å². The molecule has 7 nitrogen and oxygen atoms in total. The predicted octanol–water partition coefficient (Wildman–Crippen LogP) is 3.87. The van der Waals surface area contributed by atoms with Crippen molar-refractivity contribution < 1.29 is 24.2 Å². The van der Waals surface area contributed by atoms with Crippen molar-refractivity contribution >= 4 is 18.0 Å². The molecule has 2 N–H and O–H groups in total. The number of carboxylic acid groups (broad SMARTS) is 1. The zero-order valence-electron chi connectivity index (χ0n) is 19.0. The predicted molar refractivity (Wildman–Crippen MR) is 124 cm³/mol. The summed E-state index contributed by atoms with van der Waals surface area (Å²) in [7, 11) is 0. The molecule has 7 heteroatoms. The maximum Gasteiger partial charge on any atom is 0.407 e. The molecule has 0 radical (unpaired) electrons. The average molecular weight is 451 g/mol.